The van der Waals surface area contributed by atoms with E-state index in [4.69, 9.17) is 9.47 Å². The van der Waals surface area contributed by atoms with Crippen molar-refractivity contribution in [1.82, 2.24) is 0 Å². The lowest BCUT2D eigenvalue weighted by Crippen LogP contribution is -2.41. The molecule has 1 amide bonds. The van der Waals surface area contributed by atoms with Crippen molar-refractivity contribution in [2.45, 2.75) is 52.2 Å². The quantitative estimate of drug-likeness (QED) is 0.680. The average Bonchev–Trinajstić information content (AvgIpc) is 2.66. The monoisotopic (exact) mass is 355 g/mol. The molecule has 0 radical (unpaired) electrons. The Hall–Kier alpha value is -2.33. The van der Waals surface area contributed by atoms with Crippen LogP contribution in [-0.2, 0) is 16.1 Å². The summed E-state index contributed by atoms with van der Waals surface area (Å²) >= 11 is 0. The Kier molecular flexibility index (Phi) is 7.22. The van der Waals surface area contributed by atoms with Gasteiger partial charge >= 0.3 is 0 Å². The van der Waals surface area contributed by atoms with Gasteiger partial charge in [0, 0.05) is 12.8 Å². The zero-order valence-electron chi connectivity index (χ0n) is 16.2. The van der Waals surface area contributed by atoms with Crippen LogP contribution >= 0.6 is 0 Å². The van der Waals surface area contributed by atoms with Gasteiger partial charge < -0.3 is 14.8 Å². The lowest BCUT2D eigenvalue weighted by Gasteiger charge is -2.27. The molecule has 0 bridgehead atoms. The third-order valence-corrected chi connectivity index (χ3v) is 4.61. The van der Waals surface area contributed by atoms with Crippen molar-refractivity contribution in [2.24, 2.45) is 0 Å². The Morgan fingerprint density at radius 1 is 1.15 bits per heavy atom. The Morgan fingerprint density at radius 2 is 1.88 bits per heavy atom. The number of carbonyl (C=O) groups is 1. The number of unbranched alkanes of at least 4 members (excludes halogenated alkanes) is 1. The molecule has 4 nitrogen and oxygen atoms in total. The summed E-state index contributed by atoms with van der Waals surface area (Å²) in [5.74, 6) is 0.693. The molecule has 0 saturated heterocycles. The number of nitrogens with one attached hydrogen (secondary N) is 1. The van der Waals surface area contributed by atoms with E-state index < -0.39 is 5.60 Å². The molecule has 0 spiro atoms. The van der Waals surface area contributed by atoms with Crippen LogP contribution in [0.1, 0.15) is 44.2 Å². The van der Waals surface area contributed by atoms with E-state index in [1.165, 1.54) is 0 Å². The largest absolute Gasteiger partial charge is 0.489 e. The molecule has 0 aliphatic rings. The van der Waals surface area contributed by atoms with Gasteiger partial charge in [-0.2, -0.15) is 0 Å². The molecule has 2 aromatic carbocycles. The molecule has 0 unspecified atom stereocenters. The smallest absolute Gasteiger partial charge is 0.256 e. The average molecular weight is 355 g/mol. The Balaban J connectivity index is 2.01. The molecular weight excluding hydrogens is 326 g/mol. The van der Waals surface area contributed by atoms with Crippen LogP contribution in [0.5, 0.6) is 5.75 Å². The molecule has 1 N–H and O–H groups in total. The second-order valence-corrected chi connectivity index (χ2v) is 6.75. The molecule has 0 aliphatic heterocycles. The first-order valence-corrected chi connectivity index (χ1v) is 9.12. The Bertz CT molecular complexity index is 715. The van der Waals surface area contributed by atoms with Gasteiger partial charge in [-0.15, -0.1) is 0 Å². The van der Waals surface area contributed by atoms with Crippen LogP contribution in [-0.4, -0.2) is 18.6 Å². The predicted molar refractivity (Wildman–Crippen MR) is 106 cm³/mol. The van der Waals surface area contributed by atoms with Crippen molar-refractivity contribution in [3.63, 3.8) is 0 Å². The van der Waals surface area contributed by atoms with Gasteiger partial charge in [0.15, 0.2) is 0 Å². The normalized spacial score (nSPS) is 13.1. The van der Waals surface area contributed by atoms with Gasteiger partial charge in [-0.3, -0.25) is 4.79 Å². The minimum atomic E-state index is -0.813. The number of hydrogen-bond donors (Lipinski definition) is 1. The van der Waals surface area contributed by atoms with Crippen LogP contribution in [0.15, 0.2) is 48.5 Å². The van der Waals surface area contributed by atoms with Gasteiger partial charge in [0.05, 0.1) is 0 Å². The van der Waals surface area contributed by atoms with E-state index in [0.29, 0.717) is 13.0 Å². The van der Waals surface area contributed by atoms with Gasteiger partial charge in [0.1, 0.15) is 18.0 Å². The zero-order valence-corrected chi connectivity index (χ0v) is 16.2. The number of aryl methyl sites for hydroxylation is 1. The second-order valence-electron chi connectivity index (χ2n) is 6.75. The number of carbonyl (C=O) groups excluding carboxylic acids is 1. The predicted octanol–water partition coefficient (Wildman–Crippen LogP) is 5.11. The van der Waals surface area contributed by atoms with Crippen molar-refractivity contribution in [1.29, 1.82) is 0 Å². The fraction of sp³-hybridized carbons (Fsp3) is 0.409. The number of amides is 1. The zero-order chi connectivity index (χ0) is 19.0. The molecule has 140 valence electrons. The molecule has 0 aromatic heterocycles. The van der Waals surface area contributed by atoms with Crippen molar-refractivity contribution in [2.75, 3.05) is 12.4 Å². The number of hydrogen-bond acceptors (Lipinski definition) is 3. The fourth-order valence-corrected chi connectivity index (χ4v) is 2.71. The van der Waals surface area contributed by atoms with Gasteiger partial charge in [-0.25, -0.2) is 0 Å². The summed E-state index contributed by atoms with van der Waals surface area (Å²) in [4.78, 5) is 12.6. The third kappa shape index (κ3) is 5.33. The highest BCUT2D eigenvalue weighted by Crippen LogP contribution is 2.25. The standard InChI is InChI=1S/C22H29NO3/c1-5-6-14-22(3,25-4)21(24)23-19-12-13-20(17(2)15-19)26-16-18-10-8-7-9-11-18/h7-13,15H,5-6,14,16H2,1-4H3,(H,23,24)/t22-/m1/s1. The highest BCUT2D eigenvalue weighted by atomic mass is 16.5. The summed E-state index contributed by atoms with van der Waals surface area (Å²) in [5.41, 5.74) is 2.04. The van der Waals surface area contributed by atoms with E-state index in [-0.39, 0.29) is 5.91 Å². The molecule has 0 aliphatic carbocycles. The van der Waals surface area contributed by atoms with Crippen molar-refractivity contribution in [3.8, 4) is 5.75 Å². The maximum Gasteiger partial charge on any atom is 0.256 e. The summed E-state index contributed by atoms with van der Waals surface area (Å²) in [5, 5.41) is 2.96. The number of benzene rings is 2. The van der Waals surface area contributed by atoms with Crippen LogP contribution in [0.3, 0.4) is 0 Å². The second kappa shape index (κ2) is 9.39. The maximum absolute atomic E-state index is 12.6. The van der Waals surface area contributed by atoms with E-state index in [1.807, 2.05) is 62.4 Å². The topological polar surface area (TPSA) is 47.6 Å². The summed E-state index contributed by atoms with van der Waals surface area (Å²) in [6.07, 6.45) is 2.67. The molecule has 0 heterocycles. The number of rotatable bonds is 9. The van der Waals surface area contributed by atoms with Gasteiger partial charge in [-0.05, 0) is 49.6 Å². The molecule has 4 heteroatoms. The van der Waals surface area contributed by atoms with Crippen LogP contribution in [0, 0.1) is 6.92 Å². The minimum Gasteiger partial charge on any atom is -0.489 e. The van der Waals surface area contributed by atoms with Gasteiger partial charge in [-0.1, -0.05) is 50.1 Å². The number of ether oxygens (including phenoxy) is 2. The first kappa shape index (κ1) is 20.0. The van der Waals surface area contributed by atoms with E-state index in [9.17, 15) is 4.79 Å². The molecular formula is C22H29NO3. The highest BCUT2D eigenvalue weighted by Gasteiger charge is 2.32. The van der Waals surface area contributed by atoms with E-state index in [0.717, 1.165) is 35.4 Å². The van der Waals surface area contributed by atoms with Gasteiger partial charge in [0.2, 0.25) is 0 Å². The lowest BCUT2D eigenvalue weighted by molar-refractivity contribution is -0.136. The van der Waals surface area contributed by atoms with E-state index in [2.05, 4.69) is 12.2 Å². The van der Waals surface area contributed by atoms with Crippen LogP contribution in [0.25, 0.3) is 0 Å². The molecule has 26 heavy (non-hydrogen) atoms. The summed E-state index contributed by atoms with van der Waals surface area (Å²) in [7, 11) is 1.58. The lowest BCUT2D eigenvalue weighted by atomic mass is 9.97. The van der Waals surface area contributed by atoms with Gasteiger partial charge in [0.25, 0.3) is 5.91 Å². The third-order valence-electron chi connectivity index (χ3n) is 4.61. The van der Waals surface area contributed by atoms with Crippen molar-refractivity contribution >= 4 is 11.6 Å². The maximum atomic E-state index is 12.6. The van der Waals surface area contributed by atoms with Crippen LogP contribution in [0.2, 0.25) is 0 Å². The van der Waals surface area contributed by atoms with E-state index >= 15 is 0 Å². The summed E-state index contributed by atoms with van der Waals surface area (Å²) in [6, 6.07) is 15.7. The SMILES string of the molecule is CCCC[C@@](C)(OC)C(=O)Nc1ccc(OCc2ccccc2)c(C)c1. The van der Waals surface area contributed by atoms with Crippen molar-refractivity contribution < 1.29 is 14.3 Å². The van der Waals surface area contributed by atoms with Crippen molar-refractivity contribution in [3.05, 3.63) is 59.7 Å². The number of methoxy groups -OCH3 is 1. The minimum absolute atomic E-state index is 0.120. The molecule has 2 aromatic rings. The molecule has 1 atom stereocenters. The molecule has 0 fully saturated rings. The summed E-state index contributed by atoms with van der Waals surface area (Å²) < 4.78 is 11.4. The van der Waals surface area contributed by atoms with E-state index in [1.54, 1.807) is 7.11 Å². The summed E-state index contributed by atoms with van der Waals surface area (Å²) in [6.45, 7) is 6.43. The molecule has 0 saturated carbocycles. The first-order chi connectivity index (χ1) is 12.5. The van der Waals surface area contributed by atoms with Crippen LogP contribution in [0.4, 0.5) is 5.69 Å². The Labute approximate surface area is 156 Å². The Morgan fingerprint density at radius 3 is 2.50 bits per heavy atom. The highest BCUT2D eigenvalue weighted by molar-refractivity contribution is 5.97. The number of anilines is 1. The fourth-order valence-electron chi connectivity index (χ4n) is 2.71. The molecule has 2 rings (SSSR count). The first-order valence-electron chi connectivity index (χ1n) is 9.12. The van der Waals surface area contributed by atoms with Crippen LogP contribution < -0.4 is 10.1 Å².